The molecular weight excluding hydrogens is 462 g/mol. The Balaban J connectivity index is 1.75. The number of Topliss-reactive ketones (excluding diaryl/α,β-unsaturated/α-hetero) is 1. The largest absolute Gasteiger partial charge is 0.418 e. The number of carbonyl (C=O) groups excluding carboxylic acids is 2. The summed E-state index contributed by atoms with van der Waals surface area (Å²) >= 11 is 0. The number of pyridine rings is 1. The first-order valence-electron chi connectivity index (χ1n) is 10.1. The number of amides is 1. The van der Waals surface area contributed by atoms with Gasteiger partial charge in [0.05, 0.1) is 16.8 Å². The Labute approximate surface area is 189 Å². The number of benzene rings is 2. The van der Waals surface area contributed by atoms with Crippen LogP contribution >= 0.6 is 0 Å². The van der Waals surface area contributed by atoms with Crippen LogP contribution in [-0.2, 0) is 18.9 Å². The van der Waals surface area contributed by atoms with Crippen LogP contribution in [0.25, 0.3) is 0 Å². The zero-order valence-electron chi connectivity index (χ0n) is 17.3. The summed E-state index contributed by atoms with van der Waals surface area (Å²) < 4.78 is 80.0. The molecule has 4 rings (SSSR count). The highest BCUT2D eigenvalue weighted by Gasteiger charge is 2.37. The highest BCUT2D eigenvalue weighted by Crippen LogP contribution is 2.39. The van der Waals surface area contributed by atoms with Crippen molar-refractivity contribution in [1.82, 2.24) is 10.3 Å². The van der Waals surface area contributed by atoms with Crippen LogP contribution < -0.4 is 5.32 Å². The smallest absolute Gasteiger partial charge is 0.348 e. The molecule has 1 amide bonds. The second kappa shape index (κ2) is 8.58. The molecule has 34 heavy (non-hydrogen) atoms. The molecule has 10 heteroatoms. The number of halogens is 6. The fourth-order valence-electron chi connectivity index (χ4n) is 3.92. The van der Waals surface area contributed by atoms with E-state index in [1.165, 1.54) is 18.2 Å². The van der Waals surface area contributed by atoms with E-state index in [2.05, 4.69) is 10.3 Å². The molecule has 1 aliphatic heterocycles. The van der Waals surface area contributed by atoms with Crippen molar-refractivity contribution in [2.45, 2.75) is 31.2 Å². The van der Waals surface area contributed by atoms with Crippen LogP contribution in [0.15, 0.2) is 60.8 Å². The molecule has 176 valence electrons. The number of fused-ring (bicyclic) bond motifs is 1. The minimum atomic E-state index is -4.78. The zero-order chi connectivity index (χ0) is 24.7. The molecule has 0 bridgehead atoms. The Hall–Kier alpha value is -3.69. The van der Waals surface area contributed by atoms with Crippen molar-refractivity contribution in [2.75, 3.05) is 0 Å². The van der Waals surface area contributed by atoms with Crippen LogP contribution in [0.5, 0.6) is 0 Å². The SMILES string of the molecule is O=C(C[C@@H](c1ccc(C(F)(F)F)cc1)c1ncccc1C(F)(F)F)c1ccc2c(c1)CNC2=O. The summed E-state index contributed by atoms with van der Waals surface area (Å²) in [4.78, 5) is 28.7. The molecular formula is C24H16F6N2O2. The number of hydrogen-bond donors (Lipinski definition) is 1. The minimum Gasteiger partial charge on any atom is -0.348 e. The molecule has 3 aromatic rings. The highest BCUT2D eigenvalue weighted by atomic mass is 19.4. The molecule has 1 atom stereocenters. The van der Waals surface area contributed by atoms with E-state index in [-0.39, 0.29) is 23.6 Å². The van der Waals surface area contributed by atoms with Crippen LogP contribution in [-0.4, -0.2) is 16.7 Å². The van der Waals surface area contributed by atoms with Crippen molar-refractivity contribution in [1.29, 1.82) is 0 Å². The molecule has 1 aromatic heterocycles. The van der Waals surface area contributed by atoms with E-state index in [9.17, 15) is 35.9 Å². The Morgan fingerprint density at radius 1 is 0.971 bits per heavy atom. The first-order chi connectivity index (χ1) is 15.9. The number of hydrogen-bond acceptors (Lipinski definition) is 3. The highest BCUT2D eigenvalue weighted by molar-refractivity contribution is 6.01. The van der Waals surface area contributed by atoms with Crippen molar-refractivity contribution in [3.8, 4) is 0 Å². The third-order valence-electron chi connectivity index (χ3n) is 5.62. The molecule has 0 saturated carbocycles. The maximum absolute atomic E-state index is 13.7. The molecule has 2 aromatic carbocycles. The summed E-state index contributed by atoms with van der Waals surface area (Å²) in [6, 6.07) is 9.90. The number of ketones is 1. The molecule has 0 aliphatic carbocycles. The number of nitrogens with zero attached hydrogens (tertiary/aromatic N) is 1. The summed E-state index contributed by atoms with van der Waals surface area (Å²) in [6.07, 6.45) is -8.73. The lowest BCUT2D eigenvalue weighted by atomic mass is 9.85. The Morgan fingerprint density at radius 2 is 1.68 bits per heavy atom. The van der Waals surface area contributed by atoms with Gasteiger partial charge in [-0.15, -0.1) is 0 Å². The van der Waals surface area contributed by atoms with Crippen molar-refractivity contribution in [3.05, 3.63) is 99.9 Å². The van der Waals surface area contributed by atoms with Gasteiger partial charge in [-0.1, -0.05) is 18.2 Å². The standard InChI is InChI=1S/C24H16F6N2O2/c25-23(26,27)16-6-3-13(4-7-16)18(21-19(24(28,29)30)2-1-9-31-21)11-20(33)14-5-8-17-15(10-14)12-32-22(17)34/h1-10,18H,11-12H2,(H,32,34)/t18-/m0/s1. The predicted molar refractivity (Wildman–Crippen MR) is 109 cm³/mol. The fraction of sp³-hybridized carbons (Fsp3) is 0.208. The van der Waals surface area contributed by atoms with Gasteiger partial charge in [-0.3, -0.25) is 14.6 Å². The van der Waals surface area contributed by atoms with Crippen LogP contribution in [0.3, 0.4) is 0 Å². The number of alkyl halides is 6. The monoisotopic (exact) mass is 478 g/mol. The fourth-order valence-corrected chi connectivity index (χ4v) is 3.92. The summed E-state index contributed by atoms with van der Waals surface area (Å²) in [6.45, 7) is 0.218. The minimum absolute atomic E-state index is 0.0866. The Morgan fingerprint density at radius 3 is 2.32 bits per heavy atom. The van der Waals surface area contributed by atoms with Crippen LogP contribution in [0, 0.1) is 0 Å². The summed E-state index contributed by atoms with van der Waals surface area (Å²) in [5.74, 6) is -2.08. The average molecular weight is 478 g/mol. The van der Waals surface area contributed by atoms with E-state index < -0.39 is 47.3 Å². The predicted octanol–water partition coefficient (Wildman–Crippen LogP) is 5.77. The zero-order valence-corrected chi connectivity index (χ0v) is 17.3. The van der Waals surface area contributed by atoms with Gasteiger partial charge >= 0.3 is 12.4 Å². The van der Waals surface area contributed by atoms with Gasteiger partial charge in [-0.25, -0.2) is 0 Å². The summed E-state index contributed by atoms with van der Waals surface area (Å²) in [7, 11) is 0. The number of rotatable bonds is 5. The van der Waals surface area contributed by atoms with Crippen LogP contribution in [0.2, 0.25) is 0 Å². The molecule has 0 unspecified atom stereocenters. The van der Waals surface area contributed by atoms with E-state index in [1.54, 1.807) is 0 Å². The molecule has 4 nitrogen and oxygen atoms in total. The molecule has 0 radical (unpaired) electrons. The van der Waals surface area contributed by atoms with E-state index in [0.29, 0.717) is 11.1 Å². The molecule has 0 spiro atoms. The first-order valence-corrected chi connectivity index (χ1v) is 10.1. The van der Waals surface area contributed by atoms with Crippen LogP contribution in [0.4, 0.5) is 26.3 Å². The Bertz CT molecular complexity index is 1250. The maximum Gasteiger partial charge on any atom is 0.418 e. The van der Waals surface area contributed by atoms with Crippen molar-refractivity contribution in [2.24, 2.45) is 0 Å². The van der Waals surface area contributed by atoms with Gasteiger partial charge in [0.1, 0.15) is 0 Å². The van der Waals surface area contributed by atoms with Crippen molar-refractivity contribution >= 4 is 11.7 Å². The number of aromatic nitrogens is 1. The molecule has 2 heterocycles. The van der Waals surface area contributed by atoms with Gasteiger partial charge in [0.25, 0.3) is 5.91 Å². The van der Waals surface area contributed by atoms with E-state index >= 15 is 0 Å². The molecule has 0 fully saturated rings. The third kappa shape index (κ3) is 4.66. The van der Waals surface area contributed by atoms with Gasteiger partial charge in [0, 0.05) is 36.2 Å². The van der Waals surface area contributed by atoms with Crippen molar-refractivity contribution in [3.63, 3.8) is 0 Å². The lowest BCUT2D eigenvalue weighted by molar-refractivity contribution is -0.139. The third-order valence-corrected chi connectivity index (χ3v) is 5.62. The van der Waals surface area contributed by atoms with Gasteiger partial charge in [0.15, 0.2) is 5.78 Å². The quantitative estimate of drug-likeness (QED) is 0.374. The van der Waals surface area contributed by atoms with Crippen molar-refractivity contribution < 1.29 is 35.9 Å². The lowest BCUT2D eigenvalue weighted by Gasteiger charge is -2.21. The summed E-state index contributed by atoms with van der Waals surface area (Å²) in [5.41, 5.74) is -1.25. The lowest BCUT2D eigenvalue weighted by Crippen LogP contribution is -2.17. The van der Waals surface area contributed by atoms with Gasteiger partial charge in [-0.2, -0.15) is 26.3 Å². The maximum atomic E-state index is 13.7. The van der Waals surface area contributed by atoms with E-state index in [1.807, 2.05) is 0 Å². The second-order valence-corrected chi connectivity index (χ2v) is 7.79. The first kappa shape index (κ1) is 23.5. The average Bonchev–Trinajstić information content (AvgIpc) is 3.16. The number of carbonyl (C=O) groups is 2. The van der Waals surface area contributed by atoms with Crippen LogP contribution in [0.1, 0.15) is 61.0 Å². The second-order valence-electron chi connectivity index (χ2n) is 7.79. The number of nitrogens with one attached hydrogen (secondary N) is 1. The van der Waals surface area contributed by atoms with Gasteiger partial charge < -0.3 is 5.32 Å². The molecule has 0 saturated heterocycles. The van der Waals surface area contributed by atoms with E-state index in [4.69, 9.17) is 0 Å². The topological polar surface area (TPSA) is 59.1 Å². The van der Waals surface area contributed by atoms with Gasteiger partial charge in [0.2, 0.25) is 0 Å². The van der Waals surface area contributed by atoms with Gasteiger partial charge in [-0.05, 0) is 47.5 Å². The molecule has 1 aliphatic rings. The van der Waals surface area contributed by atoms with E-state index in [0.717, 1.165) is 42.6 Å². The molecule has 1 N–H and O–H groups in total. The normalized spacial score (nSPS) is 14.5. The summed E-state index contributed by atoms with van der Waals surface area (Å²) in [5, 5.41) is 2.61. The Kier molecular flexibility index (Phi) is 5.93.